The topological polar surface area (TPSA) is 176 Å². The molecule has 13 nitrogen and oxygen atoms in total. The number of aliphatic hydroxyl groups excluding tert-OH is 1. The third-order valence-electron chi connectivity index (χ3n) is 5.28. The number of nitrogens with one attached hydrogen (secondary N) is 2. The lowest BCUT2D eigenvalue weighted by atomic mass is 10.2. The fourth-order valence-corrected chi connectivity index (χ4v) is 3.49. The summed E-state index contributed by atoms with van der Waals surface area (Å²) >= 11 is 0. The zero-order valence-corrected chi connectivity index (χ0v) is 20.5. The fraction of sp³-hybridized carbons (Fsp3) is 0.458. The molecule has 2 heterocycles. The minimum atomic E-state index is -0.894. The largest absolute Gasteiger partial charge is 0.489 e. The lowest BCUT2D eigenvalue weighted by Gasteiger charge is -2.15. The fourth-order valence-electron chi connectivity index (χ4n) is 3.49. The SMILES string of the molecule is CCOC(N)COc1cccc(C(=O)NCC#Cc2cn(C3CC(O)C(COOC)O3)c(=O)[nH]c2=O)c1. The number of carbonyl (C=O) groups is 1. The van der Waals surface area contributed by atoms with Gasteiger partial charge in [-0.2, -0.15) is 0 Å². The zero-order chi connectivity index (χ0) is 26.8. The summed E-state index contributed by atoms with van der Waals surface area (Å²) < 4.78 is 17.5. The number of benzene rings is 1. The molecule has 2 aromatic rings. The molecule has 1 aliphatic rings. The van der Waals surface area contributed by atoms with E-state index in [0.717, 1.165) is 4.57 Å². The van der Waals surface area contributed by atoms with Crippen LogP contribution in [0.3, 0.4) is 0 Å². The summed E-state index contributed by atoms with van der Waals surface area (Å²) in [5.74, 6) is 5.39. The average Bonchev–Trinajstić information content (AvgIpc) is 3.25. The molecule has 3 rings (SSSR count). The van der Waals surface area contributed by atoms with Crippen LogP contribution in [0.2, 0.25) is 0 Å². The number of nitrogens with two attached hydrogens (primary N) is 1. The Balaban J connectivity index is 1.61. The van der Waals surface area contributed by atoms with E-state index in [1.165, 1.54) is 13.3 Å². The monoisotopic (exact) mass is 518 g/mol. The molecule has 0 bridgehead atoms. The number of aromatic amines is 1. The molecule has 37 heavy (non-hydrogen) atoms. The van der Waals surface area contributed by atoms with Crippen LogP contribution in [0, 0.1) is 11.8 Å². The molecule has 1 aromatic carbocycles. The number of H-pyrrole nitrogens is 1. The molecule has 0 spiro atoms. The number of amides is 1. The first-order valence-electron chi connectivity index (χ1n) is 11.5. The third kappa shape index (κ3) is 7.99. The number of carbonyl (C=O) groups excluding carboxylic acids is 1. The molecule has 1 saturated heterocycles. The van der Waals surface area contributed by atoms with Gasteiger partial charge in [-0.3, -0.25) is 19.1 Å². The second-order valence-electron chi connectivity index (χ2n) is 7.91. The zero-order valence-electron chi connectivity index (χ0n) is 20.5. The summed E-state index contributed by atoms with van der Waals surface area (Å²) in [6.07, 6.45) is -1.66. The quantitative estimate of drug-likeness (QED) is 0.128. The summed E-state index contributed by atoms with van der Waals surface area (Å²) in [5.41, 5.74) is 4.68. The number of hydrogen-bond donors (Lipinski definition) is 4. The van der Waals surface area contributed by atoms with E-state index in [9.17, 15) is 19.5 Å². The van der Waals surface area contributed by atoms with Crippen LogP contribution < -0.4 is 27.0 Å². The van der Waals surface area contributed by atoms with Crippen LogP contribution >= 0.6 is 0 Å². The molecule has 0 radical (unpaired) electrons. The van der Waals surface area contributed by atoms with Crippen LogP contribution in [0.15, 0.2) is 40.1 Å². The first-order chi connectivity index (χ1) is 17.8. The summed E-state index contributed by atoms with van der Waals surface area (Å²) in [5, 5.41) is 12.8. The molecule has 200 valence electrons. The molecule has 0 saturated carbocycles. The van der Waals surface area contributed by atoms with Gasteiger partial charge in [0, 0.05) is 24.8 Å². The van der Waals surface area contributed by atoms with E-state index >= 15 is 0 Å². The van der Waals surface area contributed by atoms with Gasteiger partial charge in [0.15, 0.2) is 0 Å². The highest BCUT2D eigenvalue weighted by Crippen LogP contribution is 2.27. The summed E-state index contributed by atoms with van der Waals surface area (Å²) in [7, 11) is 1.33. The Morgan fingerprint density at radius 1 is 1.41 bits per heavy atom. The van der Waals surface area contributed by atoms with Gasteiger partial charge in [0.25, 0.3) is 11.5 Å². The maximum Gasteiger partial charge on any atom is 0.330 e. The predicted molar refractivity (Wildman–Crippen MR) is 130 cm³/mol. The van der Waals surface area contributed by atoms with Crippen molar-refractivity contribution < 1.29 is 33.9 Å². The van der Waals surface area contributed by atoms with Crippen molar-refractivity contribution in [2.24, 2.45) is 5.73 Å². The van der Waals surface area contributed by atoms with Crippen LogP contribution in [0.4, 0.5) is 0 Å². The maximum atomic E-state index is 12.5. The van der Waals surface area contributed by atoms with Crippen molar-refractivity contribution in [1.29, 1.82) is 0 Å². The van der Waals surface area contributed by atoms with Crippen molar-refractivity contribution in [3.05, 3.63) is 62.4 Å². The van der Waals surface area contributed by atoms with Crippen molar-refractivity contribution in [1.82, 2.24) is 14.9 Å². The third-order valence-corrected chi connectivity index (χ3v) is 5.28. The molecular weight excluding hydrogens is 488 g/mol. The van der Waals surface area contributed by atoms with E-state index in [-0.39, 0.29) is 31.7 Å². The van der Waals surface area contributed by atoms with Crippen molar-refractivity contribution in [2.45, 2.75) is 38.0 Å². The van der Waals surface area contributed by atoms with E-state index in [0.29, 0.717) is 17.9 Å². The number of rotatable bonds is 11. The molecule has 1 aliphatic heterocycles. The van der Waals surface area contributed by atoms with Crippen LogP contribution in [0.25, 0.3) is 0 Å². The van der Waals surface area contributed by atoms with Gasteiger partial charge in [0.2, 0.25) is 0 Å². The first-order valence-corrected chi connectivity index (χ1v) is 11.5. The number of aliphatic hydroxyl groups is 1. The molecule has 13 heteroatoms. The Morgan fingerprint density at radius 3 is 2.97 bits per heavy atom. The minimum Gasteiger partial charge on any atom is -0.489 e. The van der Waals surface area contributed by atoms with Gasteiger partial charge in [0.1, 0.15) is 43.1 Å². The highest BCUT2D eigenvalue weighted by molar-refractivity contribution is 5.94. The summed E-state index contributed by atoms with van der Waals surface area (Å²) in [4.78, 5) is 48.4. The van der Waals surface area contributed by atoms with Gasteiger partial charge < -0.3 is 30.4 Å². The summed E-state index contributed by atoms with van der Waals surface area (Å²) in [6.45, 7) is 2.32. The van der Waals surface area contributed by atoms with E-state index in [2.05, 4.69) is 27.0 Å². The van der Waals surface area contributed by atoms with Crippen molar-refractivity contribution in [3.8, 4) is 17.6 Å². The molecule has 0 aliphatic carbocycles. The molecule has 5 N–H and O–H groups in total. The van der Waals surface area contributed by atoms with Gasteiger partial charge in [-0.15, -0.1) is 0 Å². The Labute approximate surface area is 212 Å². The normalized spacial score (nSPS) is 19.6. The average molecular weight is 519 g/mol. The standard InChI is InChI=1S/C24H30N4O9/c1-3-34-20(25)14-35-17-8-4-6-15(10-17)22(30)26-9-5-7-16-12-28(24(32)27-23(16)31)21-11-18(29)19(37-21)13-36-33-2/h4,6,8,10,12,18-21,29H,3,9,11,13-14,25H2,1-2H3,(H,26,30)(H,27,31,32). The highest BCUT2D eigenvalue weighted by atomic mass is 17.2. The molecule has 4 unspecified atom stereocenters. The van der Waals surface area contributed by atoms with Crippen LogP contribution in [-0.4, -0.2) is 72.5 Å². The number of hydrogen-bond acceptors (Lipinski definition) is 10. The molecule has 1 amide bonds. The highest BCUT2D eigenvalue weighted by Gasteiger charge is 2.36. The predicted octanol–water partition coefficient (Wildman–Crippen LogP) is -0.755. The minimum absolute atomic E-state index is 0.00966. The Bertz CT molecular complexity index is 1230. The van der Waals surface area contributed by atoms with E-state index < -0.39 is 41.8 Å². The Kier molecular flexibility index (Phi) is 10.4. The number of aromatic nitrogens is 2. The van der Waals surface area contributed by atoms with Gasteiger partial charge in [-0.1, -0.05) is 17.9 Å². The lowest BCUT2D eigenvalue weighted by Crippen LogP contribution is -2.34. The first kappa shape index (κ1) is 28.1. The molecule has 1 aromatic heterocycles. The molecule has 4 atom stereocenters. The molecule has 1 fully saturated rings. The van der Waals surface area contributed by atoms with Crippen molar-refractivity contribution in [3.63, 3.8) is 0 Å². The Hall–Kier alpha value is -3.51. The second kappa shape index (κ2) is 13.7. The number of nitrogens with zero attached hydrogens (tertiary/aromatic N) is 1. The van der Waals surface area contributed by atoms with E-state index in [1.807, 2.05) is 6.92 Å². The van der Waals surface area contributed by atoms with Crippen LogP contribution in [0.1, 0.15) is 35.5 Å². The van der Waals surface area contributed by atoms with Crippen LogP contribution in [0.5, 0.6) is 5.75 Å². The van der Waals surface area contributed by atoms with Gasteiger partial charge in [-0.05, 0) is 25.1 Å². The Morgan fingerprint density at radius 2 is 2.22 bits per heavy atom. The summed E-state index contributed by atoms with van der Waals surface area (Å²) in [6, 6.07) is 6.53. The molecular formula is C24H30N4O9. The van der Waals surface area contributed by atoms with Crippen molar-refractivity contribution >= 4 is 5.91 Å². The van der Waals surface area contributed by atoms with Gasteiger partial charge in [0.05, 0.1) is 19.8 Å². The smallest absolute Gasteiger partial charge is 0.330 e. The van der Waals surface area contributed by atoms with E-state index in [4.69, 9.17) is 24.8 Å². The van der Waals surface area contributed by atoms with Crippen LogP contribution in [-0.2, 0) is 19.2 Å². The lowest BCUT2D eigenvalue weighted by molar-refractivity contribution is -0.290. The second-order valence-corrected chi connectivity index (χ2v) is 7.91. The maximum absolute atomic E-state index is 12.5. The van der Waals surface area contributed by atoms with E-state index in [1.54, 1.807) is 24.3 Å². The number of ether oxygens (including phenoxy) is 3. The van der Waals surface area contributed by atoms with Crippen molar-refractivity contribution in [2.75, 3.05) is 33.5 Å². The van der Waals surface area contributed by atoms with Gasteiger partial charge in [-0.25, -0.2) is 14.6 Å². The van der Waals surface area contributed by atoms with Gasteiger partial charge >= 0.3 is 5.69 Å².